The summed E-state index contributed by atoms with van der Waals surface area (Å²) in [6, 6.07) is 3.80. The number of rotatable bonds is 3. The quantitative estimate of drug-likeness (QED) is 0.851. The van der Waals surface area contributed by atoms with E-state index in [1.165, 1.54) is 0 Å². The van der Waals surface area contributed by atoms with Crippen molar-refractivity contribution in [1.82, 2.24) is 9.97 Å². The summed E-state index contributed by atoms with van der Waals surface area (Å²) in [5.74, 6) is 0.187. The first-order chi connectivity index (χ1) is 9.70. The normalized spacial score (nSPS) is 15.6. The van der Waals surface area contributed by atoms with Gasteiger partial charge in [-0.1, -0.05) is 0 Å². The Morgan fingerprint density at radius 1 is 1.45 bits per heavy atom. The van der Waals surface area contributed by atoms with Gasteiger partial charge in [-0.25, -0.2) is 4.98 Å². The Morgan fingerprint density at radius 2 is 2.20 bits per heavy atom. The van der Waals surface area contributed by atoms with Crippen LogP contribution in [0.5, 0.6) is 5.75 Å². The molecule has 0 spiro atoms. The van der Waals surface area contributed by atoms with Gasteiger partial charge in [-0.3, -0.25) is 4.79 Å². The van der Waals surface area contributed by atoms with Crippen molar-refractivity contribution in [2.24, 2.45) is 5.73 Å². The number of nitrogens with zero attached hydrogens (tertiary/aromatic N) is 2. The van der Waals surface area contributed by atoms with Crippen LogP contribution in [0.15, 0.2) is 12.1 Å². The maximum absolute atomic E-state index is 11.3. The maximum Gasteiger partial charge on any atom is 0.284 e. The minimum absolute atomic E-state index is 0.138. The molecule has 3 rings (SSSR count). The molecular formula is C13H16N4O3. The van der Waals surface area contributed by atoms with E-state index in [1.54, 1.807) is 7.11 Å². The Kier molecular flexibility index (Phi) is 3.19. The standard InChI is InChI=1S/C13H16N4O3/c1-19-9-3-2-8(17-4-6-20-7-5-17)10-11(9)16-13(15-10)12(14)18/h2-3H,4-7H2,1H3,(H2,14,18)(H,15,16). The van der Waals surface area contributed by atoms with Gasteiger partial charge in [0.2, 0.25) is 0 Å². The van der Waals surface area contributed by atoms with Crippen LogP contribution >= 0.6 is 0 Å². The van der Waals surface area contributed by atoms with E-state index in [-0.39, 0.29) is 5.82 Å². The summed E-state index contributed by atoms with van der Waals surface area (Å²) in [7, 11) is 1.58. The van der Waals surface area contributed by atoms with E-state index in [1.807, 2.05) is 12.1 Å². The number of methoxy groups -OCH3 is 1. The third-order valence-corrected chi connectivity index (χ3v) is 3.39. The number of anilines is 1. The zero-order valence-corrected chi connectivity index (χ0v) is 11.2. The Bertz CT molecular complexity index is 646. The van der Waals surface area contributed by atoms with Gasteiger partial charge in [0.15, 0.2) is 5.82 Å². The topological polar surface area (TPSA) is 93.5 Å². The highest BCUT2D eigenvalue weighted by atomic mass is 16.5. The number of fused-ring (bicyclic) bond motifs is 1. The third-order valence-electron chi connectivity index (χ3n) is 3.39. The molecule has 20 heavy (non-hydrogen) atoms. The highest BCUT2D eigenvalue weighted by Gasteiger charge is 2.19. The Hall–Kier alpha value is -2.28. The number of hydrogen-bond acceptors (Lipinski definition) is 5. The molecule has 106 valence electrons. The van der Waals surface area contributed by atoms with Crippen LogP contribution in [0.4, 0.5) is 5.69 Å². The van der Waals surface area contributed by atoms with Crippen molar-refractivity contribution >= 4 is 22.6 Å². The predicted octanol–water partition coefficient (Wildman–Crippen LogP) is 0.507. The van der Waals surface area contributed by atoms with Crippen molar-refractivity contribution in [1.29, 1.82) is 0 Å². The fraction of sp³-hybridized carbons (Fsp3) is 0.385. The molecule has 7 nitrogen and oxygen atoms in total. The number of nitrogens with two attached hydrogens (primary N) is 1. The van der Waals surface area contributed by atoms with E-state index in [2.05, 4.69) is 14.9 Å². The fourth-order valence-electron chi connectivity index (χ4n) is 2.40. The van der Waals surface area contributed by atoms with Crippen LogP contribution in [0, 0.1) is 0 Å². The molecule has 0 unspecified atom stereocenters. The molecule has 1 aliphatic heterocycles. The van der Waals surface area contributed by atoms with Gasteiger partial charge < -0.3 is 25.1 Å². The van der Waals surface area contributed by atoms with Crippen LogP contribution < -0.4 is 15.4 Å². The van der Waals surface area contributed by atoms with E-state index >= 15 is 0 Å². The highest BCUT2D eigenvalue weighted by Crippen LogP contribution is 2.32. The highest BCUT2D eigenvalue weighted by molar-refractivity contribution is 5.99. The second kappa shape index (κ2) is 5.01. The van der Waals surface area contributed by atoms with Gasteiger partial charge >= 0.3 is 0 Å². The molecule has 1 saturated heterocycles. The summed E-state index contributed by atoms with van der Waals surface area (Å²) in [6.07, 6.45) is 0. The minimum Gasteiger partial charge on any atom is -0.494 e. The van der Waals surface area contributed by atoms with Gasteiger partial charge in [-0.05, 0) is 12.1 Å². The van der Waals surface area contributed by atoms with Crippen LogP contribution in [0.3, 0.4) is 0 Å². The first-order valence-electron chi connectivity index (χ1n) is 6.40. The number of imidazole rings is 1. The van der Waals surface area contributed by atoms with Gasteiger partial charge in [0.1, 0.15) is 16.8 Å². The van der Waals surface area contributed by atoms with Crippen molar-refractivity contribution < 1.29 is 14.3 Å². The number of amides is 1. The first kappa shape index (κ1) is 12.7. The number of aromatic amines is 1. The average molecular weight is 276 g/mol. The van der Waals surface area contributed by atoms with Crippen molar-refractivity contribution in [3.63, 3.8) is 0 Å². The molecule has 1 aliphatic rings. The number of benzene rings is 1. The maximum atomic E-state index is 11.3. The van der Waals surface area contributed by atoms with Crippen molar-refractivity contribution in [2.45, 2.75) is 0 Å². The van der Waals surface area contributed by atoms with Crippen LogP contribution in [-0.2, 0) is 4.74 Å². The second-order valence-electron chi connectivity index (χ2n) is 4.56. The molecule has 0 aliphatic carbocycles. The van der Waals surface area contributed by atoms with E-state index in [4.69, 9.17) is 15.2 Å². The van der Waals surface area contributed by atoms with Gasteiger partial charge in [0.05, 0.1) is 26.0 Å². The average Bonchev–Trinajstić information content (AvgIpc) is 2.92. The molecule has 0 radical (unpaired) electrons. The number of ether oxygens (including phenoxy) is 2. The first-order valence-corrected chi connectivity index (χ1v) is 6.40. The number of carbonyl (C=O) groups is 1. The second-order valence-corrected chi connectivity index (χ2v) is 4.56. The summed E-state index contributed by atoms with van der Waals surface area (Å²) < 4.78 is 10.6. The molecule has 0 saturated carbocycles. The number of primary amides is 1. The van der Waals surface area contributed by atoms with Crippen molar-refractivity contribution in [2.75, 3.05) is 38.3 Å². The molecule has 0 bridgehead atoms. The molecule has 1 fully saturated rings. The minimum atomic E-state index is -0.587. The summed E-state index contributed by atoms with van der Waals surface area (Å²) in [4.78, 5) is 20.7. The lowest BCUT2D eigenvalue weighted by atomic mass is 10.2. The van der Waals surface area contributed by atoms with E-state index in [9.17, 15) is 4.79 Å². The van der Waals surface area contributed by atoms with Crippen LogP contribution in [-0.4, -0.2) is 49.3 Å². The van der Waals surface area contributed by atoms with Gasteiger partial charge in [0, 0.05) is 13.1 Å². The number of aromatic nitrogens is 2. The molecule has 2 heterocycles. The molecule has 3 N–H and O–H groups in total. The van der Waals surface area contributed by atoms with Gasteiger partial charge in [-0.2, -0.15) is 0 Å². The summed E-state index contributed by atoms with van der Waals surface area (Å²) >= 11 is 0. The Labute approximate surface area is 115 Å². The lowest BCUT2D eigenvalue weighted by Gasteiger charge is -2.29. The Balaban J connectivity index is 2.14. The lowest BCUT2D eigenvalue weighted by Crippen LogP contribution is -2.36. The number of H-pyrrole nitrogens is 1. The van der Waals surface area contributed by atoms with E-state index < -0.39 is 5.91 Å². The van der Waals surface area contributed by atoms with E-state index in [0.717, 1.165) is 18.8 Å². The van der Waals surface area contributed by atoms with Crippen molar-refractivity contribution in [3.8, 4) is 5.75 Å². The number of hydrogen-bond donors (Lipinski definition) is 2. The molecule has 0 atom stereocenters. The smallest absolute Gasteiger partial charge is 0.284 e. The fourth-order valence-corrected chi connectivity index (χ4v) is 2.40. The summed E-state index contributed by atoms with van der Waals surface area (Å²) in [6.45, 7) is 2.95. The zero-order chi connectivity index (χ0) is 14.1. The molecule has 2 aromatic rings. The SMILES string of the molecule is COc1ccc(N2CCOCC2)c2nc(C(N)=O)[nH]c12. The largest absolute Gasteiger partial charge is 0.494 e. The van der Waals surface area contributed by atoms with Crippen LogP contribution in [0.2, 0.25) is 0 Å². The predicted molar refractivity (Wildman–Crippen MR) is 74.2 cm³/mol. The lowest BCUT2D eigenvalue weighted by molar-refractivity contribution is 0.0991. The zero-order valence-electron chi connectivity index (χ0n) is 11.2. The molecule has 1 aromatic carbocycles. The molecule has 1 aromatic heterocycles. The van der Waals surface area contributed by atoms with E-state index in [0.29, 0.717) is 30.0 Å². The van der Waals surface area contributed by atoms with Gasteiger partial charge in [0.25, 0.3) is 5.91 Å². The summed E-state index contributed by atoms with van der Waals surface area (Å²) in [5.41, 5.74) is 7.62. The van der Waals surface area contributed by atoms with Crippen LogP contribution in [0.1, 0.15) is 10.6 Å². The number of carbonyl (C=O) groups excluding carboxylic acids is 1. The number of nitrogens with one attached hydrogen (secondary N) is 1. The summed E-state index contributed by atoms with van der Waals surface area (Å²) in [5, 5.41) is 0. The molecule has 7 heteroatoms. The third kappa shape index (κ3) is 2.05. The number of morpholine rings is 1. The Morgan fingerprint density at radius 3 is 2.85 bits per heavy atom. The van der Waals surface area contributed by atoms with Crippen LogP contribution in [0.25, 0.3) is 11.0 Å². The molecular weight excluding hydrogens is 260 g/mol. The monoisotopic (exact) mass is 276 g/mol. The molecule has 1 amide bonds. The van der Waals surface area contributed by atoms with Crippen molar-refractivity contribution in [3.05, 3.63) is 18.0 Å². The van der Waals surface area contributed by atoms with Gasteiger partial charge in [-0.15, -0.1) is 0 Å².